The number of carbonyl (C=O) groups is 3. The standard InChI is InChI=1S/C14H28N4O3.2C2H6/c1-5-13(21)17-9-14(7-15-10-19,8-16-12(4)20)18-6-11(2)3;2*1-2/h10-11,18H,5-9H2,1-4H3,(H,15,19)(H,16,20)(H,17,21);2*1-2H3. The van der Waals surface area contributed by atoms with E-state index in [2.05, 4.69) is 35.1 Å². The summed E-state index contributed by atoms with van der Waals surface area (Å²) in [6.45, 7) is 17.0. The fourth-order valence-electron chi connectivity index (χ4n) is 1.72. The number of amides is 3. The van der Waals surface area contributed by atoms with Crippen LogP contribution in [-0.4, -0.2) is 49.9 Å². The SMILES string of the molecule is CC.CC.CCC(=O)NCC(CNC=O)(CNC(C)=O)NCC(C)C. The molecule has 1 unspecified atom stereocenters. The molecule has 1 atom stereocenters. The summed E-state index contributed by atoms with van der Waals surface area (Å²) >= 11 is 0. The second kappa shape index (κ2) is 18.7. The summed E-state index contributed by atoms with van der Waals surface area (Å²) in [5.74, 6) is 0.179. The van der Waals surface area contributed by atoms with Crippen molar-refractivity contribution >= 4 is 18.2 Å². The maximum absolute atomic E-state index is 11.5. The largest absolute Gasteiger partial charge is 0.357 e. The van der Waals surface area contributed by atoms with Crippen LogP contribution in [0.1, 0.15) is 61.8 Å². The van der Waals surface area contributed by atoms with Crippen LogP contribution in [0, 0.1) is 5.92 Å². The summed E-state index contributed by atoms with van der Waals surface area (Å²) in [7, 11) is 0. The average molecular weight is 361 g/mol. The van der Waals surface area contributed by atoms with Gasteiger partial charge in [0.1, 0.15) is 0 Å². The quantitative estimate of drug-likeness (QED) is 0.419. The fourth-order valence-corrected chi connectivity index (χ4v) is 1.72. The van der Waals surface area contributed by atoms with Crippen molar-refractivity contribution in [1.82, 2.24) is 21.3 Å². The Bertz CT molecular complexity index is 349. The monoisotopic (exact) mass is 360 g/mol. The third-order valence-electron chi connectivity index (χ3n) is 3.03. The number of carbonyl (C=O) groups excluding carboxylic acids is 3. The van der Waals surface area contributed by atoms with Crippen molar-refractivity contribution in [3.63, 3.8) is 0 Å². The Kier molecular flexibility index (Phi) is 21.1. The Morgan fingerprint density at radius 3 is 1.92 bits per heavy atom. The zero-order valence-corrected chi connectivity index (χ0v) is 17.4. The zero-order chi connectivity index (χ0) is 20.3. The van der Waals surface area contributed by atoms with Gasteiger partial charge in [-0.3, -0.25) is 14.4 Å². The molecule has 3 amide bonds. The Morgan fingerprint density at radius 2 is 1.52 bits per heavy atom. The highest BCUT2D eigenvalue weighted by molar-refractivity contribution is 5.75. The van der Waals surface area contributed by atoms with Gasteiger partial charge in [0.05, 0.1) is 5.54 Å². The lowest BCUT2D eigenvalue weighted by Crippen LogP contribution is -2.64. The minimum Gasteiger partial charge on any atom is -0.357 e. The molecule has 0 aromatic rings. The number of rotatable bonds is 11. The molecule has 0 fully saturated rings. The number of hydrogen-bond donors (Lipinski definition) is 4. The normalized spacial score (nSPS) is 11.7. The summed E-state index contributed by atoms with van der Waals surface area (Å²) in [6, 6.07) is 0. The maximum Gasteiger partial charge on any atom is 0.219 e. The molecule has 0 aliphatic rings. The van der Waals surface area contributed by atoms with Crippen LogP contribution in [0.2, 0.25) is 0 Å². The van der Waals surface area contributed by atoms with Crippen molar-refractivity contribution in [2.75, 3.05) is 26.2 Å². The Labute approximate surface area is 154 Å². The molecule has 7 heteroatoms. The first-order valence-electron chi connectivity index (χ1n) is 9.28. The van der Waals surface area contributed by atoms with E-state index in [-0.39, 0.29) is 11.8 Å². The lowest BCUT2D eigenvalue weighted by molar-refractivity contribution is -0.121. The molecule has 0 spiro atoms. The van der Waals surface area contributed by atoms with Crippen LogP contribution in [0.4, 0.5) is 0 Å². The van der Waals surface area contributed by atoms with Crippen LogP contribution in [0.5, 0.6) is 0 Å². The van der Waals surface area contributed by atoms with Gasteiger partial charge in [0.25, 0.3) is 0 Å². The van der Waals surface area contributed by atoms with Gasteiger partial charge in [-0.1, -0.05) is 48.5 Å². The van der Waals surface area contributed by atoms with E-state index in [0.717, 1.165) is 0 Å². The van der Waals surface area contributed by atoms with Crippen LogP contribution >= 0.6 is 0 Å². The van der Waals surface area contributed by atoms with E-state index in [1.165, 1.54) is 6.92 Å². The van der Waals surface area contributed by atoms with Gasteiger partial charge in [-0.25, -0.2) is 0 Å². The summed E-state index contributed by atoms with van der Waals surface area (Å²) in [4.78, 5) is 33.3. The Morgan fingerprint density at radius 1 is 1.00 bits per heavy atom. The van der Waals surface area contributed by atoms with Gasteiger partial charge in [-0.2, -0.15) is 0 Å². The highest BCUT2D eigenvalue weighted by Crippen LogP contribution is 2.04. The molecule has 4 N–H and O–H groups in total. The molecule has 0 bridgehead atoms. The van der Waals surface area contributed by atoms with Crippen molar-refractivity contribution in [2.45, 2.75) is 67.3 Å². The van der Waals surface area contributed by atoms with Crippen LogP contribution in [0.25, 0.3) is 0 Å². The summed E-state index contributed by atoms with van der Waals surface area (Å²) in [6.07, 6.45) is 1.00. The first-order chi connectivity index (χ1) is 11.8. The Balaban J connectivity index is -0.00000112. The smallest absolute Gasteiger partial charge is 0.219 e. The molecule has 0 aliphatic heterocycles. The molecule has 25 heavy (non-hydrogen) atoms. The van der Waals surface area contributed by atoms with E-state index in [9.17, 15) is 14.4 Å². The van der Waals surface area contributed by atoms with Crippen molar-refractivity contribution in [3.8, 4) is 0 Å². The van der Waals surface area contributed by atoms with Crippen molar-refractivity contribution in [1.29, 1.82) is 0 Å². The first kappa shape index (κ1) is 28.2. The van der Waals surface area contributed by atoms with Crippen LogP contribution in [0.15, 0.2) is 0 Å². The highest BCUT2D eigenvalue weighted by atomic mass is 16.2. The fraction of sp³-hybridized carbons (Fsp3) is 0.833. The van der Waals surface area contributed by atoms with E-state index in [1.54, 1.807) is 6.92 Å². The average Bonchev–Trinajstić information content (AvgIpc) is 2.63. The van der Waals surface area contributed by atoms with Crippen LogP contribution in [-0.2, 0) is 14.4 Å². The minimum absolute atomic E-state index is 0.0698. The molecule has 0 heterocycles. The van der Waals surface area contributed by atoms with Gasteiger partial charge >= 0.3 is 0 Å². The maximum atomic E-state index is 11.5. The zero-order valence-electron chi connectivity index (χ0n) is 17.4. The molecule has 0 aromatic carbocycles. The third kappa shape index (κ3) is 17.0. The summed E-state index contributed by atoms with van der Waals surface area (Å²) in [5, 5.41) is 11.6. The highest BCUT2D eigenvalue weighted by Gasteiger charge is 2.30. The van der Waals surface area contributed by atoms with Gasteiger partial charge in [0.15, 0.2) is 0 Å². The molecule has 0 radical (unpaired) electrons. The molecule has 0 aromatic heterocycles. The van der Waals surface area contributed by atoms with E-state index in [1.807, 2.05) is 27.7 Å². The topological polar surface area (TPSA) is 99.3 Å². The molecule has 7 nitrogen and oxygen atoms in total. The molecular weight excluding hydrogens is 320 g/mol. The van der Waals surface area contributed by atoms with Gasteiger partial charge in [0, 0.05) is 33.0 Å². The predicted octanol–water partition coefficient (Wildman–Crippen LogP) is 1.43. The van der Waals surface area contributed by atoms with E-state index in [4.69, 9.17) is 0 Å². The van der Waals surface area contributed by atoms with Gasteiger partial charge in [0.2, 0.25) is 18.2 Å². The lowest BCUT2D eigenvalue weighted by Gasteiger charge is -2.35. The number of hydrogen-bond acceptors (Lipinski definition) is 4. The second-order valence-corrected chi connectivity index (χ2v) is 5.59. The first-order valence-corrected chi connectivity index (χ1v) is 9.28. The van der Waals surface area contributed by atoms with Crippen LogP contribution < -0.4 is 21.3 Å². The van der Waals surface area contributed by atoms with Crippen molar-refractivity contribution in [2.24, 2.45) is 5.92 Å². The van der Waals surface area contributed by atoms with Crippen LogP contribution in [0.3, 0.4) is 0 Å². The van der Waals surface area contributed by atoms with Crippen molar-refractivity contribution in [3.05, 3.63) is 0 Å². The number of nitrogens with one attached hydrogen (secondary N) is 4. The molecular formula is C18H40N4O3. The van der Waals surface area contributed by atoms with Gasteiger partial charge in [-0.15, -0.1) is 0 Å². The third-order valence-corrected chi connectivity index (χ3v) is 3.03. The second-order valence-electron chi connectivity index (χ2n) is 5.59. The van der Waals surface area contributed by atoms with Gasteiger partial charge < -0.3 is 21.3 Å². The van der Waals surface area contributed by atoms with E-state index in [0.29, 0.717) is 44.9 Å². The minimum atomic E-state index is -0.609. The molecule has 0 saturated carbocycles. The molecule has 0 rings (SSSR count). The van der Waals surface area contributed by atoms with Gasteiger partial charge in [-0.05, 0) is 12.5 Å². The molecule has 150 valence electrons. The van der Waals surface area contributed by atoms with E-state index >= 15 is 0 Å². The predicted molar refractivity (Wildman–Crippen MR) is 104 cm³/mol. The lowest BCUT2D eigenvalue weighted by atomic mass is 9.97. The summed E-state index contributed by atoms with van der Waals surface area (Å²) < 4.78 is 0. The summed E-state index contributed by atoms with van der Waals surface area (Å²) in [5.41, 5.74) is -0.609. The molecule has 0 aliphatic carbocycles. The van der Waals surface area contributed by atoms with Crippen molar-refractivity contribution < 1.29 is 14.4 Å². The van der Waals surface area contributed by atoms with E-state index < -0.39 is 5.54 Å². The Hall–Kier alpha value is -1.63. The molecule has 0 saturated heterocycles.